The minimum absolute atomic E-state index is 0.261. The van der Waals surface area contributed by atoms with Crippen molar-refractivity contribution in [2.24, 2.45) is 0 Å². The summed E-state index contributed by atoms with van der Waals surface area (Å²) in [6.07, 6.45) is 1.35. The zero-order valence-corrected chi connectivity index (χ0v) is 13.5. The number of hydrogen-bond acceptors (Lipinski definition) is 3. The third-order valence-electron chi connectivity index (χ3n) is 4.41. The van der Waals surface area contributed by atoms with Crippen molar-refractivity contribution in [2.45, 2.75) is 58.6 Å². The number of nitrogens with zero attached hydrogens (tertiary/aromatic N) is 1. The SMILES string of the molecule is CCC(C(=O)O)N1C(=O)C(CC)(CC)Oc2cc(C)ccc21. The molecule has 1 aliphatic heterocycles. The van der Waals surface area contributed by atoms with Crippen molar-refractivity contribution in [1.29, 1.82) is 0 Å². The van der Waals surface area contributed by atoms with Gasteiger partial charge < -0.3 is 9.84 Å². The molecule has 1 unspecified atom stereocenters. The Morgan fingerprint density at radius 1 is 1.32 bits per heavy atom. The number of aliphatic carboxylic acids is 1. The summed E-state index contributed by atoms with van der Waals surface area (Å²) in [6.45, 7) is 7.50. The normalized spacial score (nSPS) is 17.6. The molecule has 5 nitrogen and oxygen atoms in total. The molecule has 1 aromatic carbocycles. The Balaban J connectivity index is 2.64. The van der Waals surface area contributed by atoms with E-state index in [1.165, 1.54) is 4.90 Å². The number of ether oxygens (including phenoxy) is 1. The van der Waals surface area contributed by atoms with Gasteiger partial charge in [-0.05, 0) is 43.9 Å². The molecule has 2 rings (SSSR count). The first-order valence-corrected chi connectivity index (χ1v) is 7.76. The van der Waals surface area contributed by atoms with Gasteiger partial charge in [0.15, 0.2) is 5.60 Å². The lowest BCUT2D eigenvalue weighted by molar-refractivity contribution is -0.144. The average molecular weight is 305 g/mol. The Bertz CT molecular complexity index is 592. The van der Waals surface area contributed by atoms with E-state index in [9.17, 15) is 14.7 Å². The number of hydrogen-bond donors (Lipinski definition) is 1. The van der Waals surface area contributed by atoms with Crippen molar-refractivity contribution < 1.29 is 19.4 Å². The summed E-state index contributed by atoms with van der Waals surface area (Å²) in [5, 5.41) is 9.50. The highest BCUT2D eigenvalue weighted by atomic mass is 16.5. The summed E-state index contributed by atoms with van der Waals surface area (Å²) in [7, 11) is 0. The first-order chi connectivity index (χ1) is 10.4. The molecule has 0 aliphatic carbocycles. The largest absolute Gasteiger partial charge is 0.480 e. The number of carbonyl (C=O) groups is 2. The van der Waals surface area contributed by atoms with Gasteiger partial charge in [0.2, 0.25) is 0 Å². The van der Waals surface area contributed by atoms with E-state index in [-0.39, 0.29) is 5.91 Å². The zero-order valence-electron chi connectivity index (χ0n) is 13.5. The highest BCUT2D eigenvalue weighted by Gasteiger charge is 2.48. The van der Waals surface area contributed by atoms with E-state index < -0.39 is 17.6 Å². The molecule has 0 aromatic heterocycles. The predicted octanol–water partition coefficient (Wildman–Crippen LogP) is 3.14. The molecule has 0 bridgehead atoms. The first kappa shape index (κ1) is 16.3. The minimum Gasteiger partial charge on any atom is -0.480 e. The van der Waals surface area contributed by atoms with E-state index >= 15 is 0 Å². The van der Waals surface area contributed by atoms with Gasteiger partial charge in [-0.2, -0.15) is 0 Å². The van der Waals surface area contributed by atoms with Crippen LogP contribution in [0.15, 0.2) is 18.2 Å². The topological polar surface area (TPSA) is 66.8 Å². The van der Waals surface area contributed by atoms with Gasteiger partial charge >= 0.3 is 5.97 Å². The zero-order chi connectivity index (χ0) is 16.5. The minimum atomic E-state index is -0.995. The standard InChI is InChI=1S/C17H23NO4/c1-5-12(15(19)20)18-13-9-8-11(4)10-14(13)22-17(6-2,7-3)16(18)21/h8-10,12H,5-7H2,1-4H3,(H,19,20). The van der Waals surface area contributed by atoms with Crippen LogP contribution in [0.25, 0.3) is 0 Å². The van der Waals surface area contributed by atoms with Gasteiger partial charge in [0.05, 0.1) is 5.69 Å². The summed E-state index contributed by atoms with van der Waals surface area (Å²) < 4.78 is 6.03. The fraction of sp³-hybridized carbons (Fsp3) is 0.529. The lowest BCUT2D eigenvalue weighted by atomic mass is 9.91. The Hall–Kier alpha value is -2.04. The molecular weight excluding hydrogens is 282 g/mol. The predicted molar refractivity (Wildman–Crippen MR) is 84.3 cm³/mol. The summed E-state index contributed by atoms with van der Waals surface area (Å²) in [4.78, 5) is 26.0. The van der Waals surface area contributed by atoms with Gasteiger partial charge in [0.1, 0.15) is 11.8 Å². The molecule has 1 N–H and O–H groups in total. The third-order valence-corrected chi connectivity index (χ3v) is 4.41. The van der Waals surface area contributed by atoms with Crippen LogP contribution in [0.5, 0.6) is 5.75 Å². The van der Waals surface area contributed by atoms with Gasteiger partial charge in [0, 0.05) is 0 Å². The molecule has 1 aromatic rings. The number of fused-ring (bicyclic) bond motifs is 1. The van der Waals surface area contributed by atoms with Crippen molar-refractivity contribution in [3.05, 3.63) is 23.8 Å². The molecule has 0 radical (unpaired) electrons. The van der Waals surface area contributed by atoms with E-state index in [1.807, 2.05) is 32.9 Å². The third kappa shape index (κ3) is 2.45. The van der Waals surface area contributed by atoms with Gasteiger partial charge in [-0.15, -0.1) is 0 Å². The average Bonchev–Trinajstić information content (AvgIpc) is 2.49. The van der Waals surface area contributed by atoms with Crippen molar-refractivity contribution >= 4 is 17.6 Å². The smallest absolute Gasteiger partial charge is 0.326 e. The van der Waals surface area contributed by atoms with E-state index in [2.05, 4.69) is 0 Å². The second-order valence-corrected chi connectivity index (χ2v) is 5.71. The molecule has 5 heteroatoms. The van der Waals surface area contributed by atoms with Crippen molar-refractivity contribution in [3.8, 4) is 5.75 Å². The summed E-state index contributed by atoms with van der Waals surface area (Å²) in [5.74, 6) is -0.670. The number of anilines is 1. The van der Waals surface area contributed by atoms with E-state index in [4.69, 9.17) is 4.74 Å². The Labute approximate surface area is 130 Å². The number of carbonyl (C=O) groups excluding carboxylic acids is 1. The number of amides is 1. The molecular formula is C17H23NO4. The highest BCUT2D eigenvalue weighted by Crippen LogP contribution is 2.42. The van der Waals surface area contributed by atoms with Crippen molar-refractivity contribution in [2.75, 3.05) is 4.90 Å². The number of carboxylic acids is 1. The van der Waals surface area contributed by atoms with E-state index in [0.29, 0.717) is 30.7 Å². The lowest BCUT2D eigenvalue weighted by Gasteiger charge is -2.43. The molecule has 0 spiro atoms. The van der Waals surface area contributed by atoms with Crippen LogP contribution in [0, 0.1) is 6.92 Å². The second kappa shape index (κ2) is 5.99. The second-order valence-electron chi connectivity index (χ2n) is 5.71. The van der Waals surface area contributed by atoms with Crippen LogP contribution in [0.3, 0.4) is 0 Å². The Kier molecular flexibility index (Phi) is 4.44. The molecule has 22 heavy (non-hydrogen) atoms. The maximum Gasteiger partial charge on any atom is 0.326 e. The molecule has 1 heterocycles. The van der Waals surface area contributed by atoms with Gasteiger partial charge in [0.25, 0.3) is 5.91 Å². The van der Waals surface area contributed by atoms with Gasteiger partial charge in [-0.3, -0.25) is 9.69 Å². The highest BCUT2D eigenvalue weighted by molar-refractivity contribution is 6.06. The summed E-state index contributed by atoms with van der Waals surface area (Å²) >= 11 is 0. The van der Waals surface area contributed by atoms with Crippen LogP contribution in [0.4, 0.5) is 5.69 Å². The summed E-state index contributed by atoms with van der Waals surface area (Å²) in [5.41, 5.74) is 0.573. The van der Waals surface area contributed by atoms with Crippen LogP contribution in [0.2, 0.25) is 0 Å². The van der Waals surface area contributed by atoms with Crippen molar-refractivity contribution in [3.63, 3.8) is 0 Å². The molecule has 1 aliphatic rings. The van der Waals surface area contributed by atoms with Gasteiger partial charge in [-0.25, -0.2) is 4.79 Å². The molecule has 1 atom stereocenters. The fourth-order valence-electron chi connectivity index (χ4n) is 2.96. The Morgan fingerprint density at radius 2 is 1.95 bits per heavy atom. The molecule has 0 saturated heterocycles. The molecule has 1 amide bonds. The van der Waals surface area contributed by atoms with Gasteiger partial charge in [-0.1, -0.05) is 26.8 Å². The number of rotatable bonds is 5. The first-order valence-electron chi connectivity index (χ1n) is 7.76. The monoisotopic (exact) mass is 305 g/mol. The molecule has 0 fully saturated rings. The lowest BCUT2D eigenvalue weighted by Crippen LogP contribution is -2.60. The maximum absolute atomic E-state index is 13.0. The molecule has 0 saturated carbocycles. The van der Waals surface area contributed by atoms with Crippen LogP contribution in [-0.2, 0) is 9.59 Å². The summed E-state index contributed by atoms with van der Waals surface area (Å²) in [6, 6.07) is 4.62. The van der Waals surface area contributed by atoms with Crippen LogP contribution >= 0.6 is 0 Å². The van der Waals surface area contributed by atoms with Crippen LogP contribution in [0.1, 0.15) is 45.6 Å². The quantitative estimate of drug-likeness (QED) is 0.907. The van der Waals surface area contributed by atoms with Crippen LogP contribution < -0.4 is 9.64 Å². The number of carboxylic acid groups (broad SMARTS) is 1. The maximum atomic E-state index is 13.0. The number of aryl methyl sites for hydroxylation is 1. The van der Waals surface area contributed by atoms with E-state index in [1.54, 1.807) is 13.0 Å². The molecule has 120 valence electrons. The van der Waals surface area contributed by atoms with Crippen LogP contribution in [-0.4, -0.2) is 28.6 Å². The van der Waals surface area contributed by atoms with Crippen molar-refractivity contribution in [1.82, 2.24) is 0 Å². The van der Waals surface area contributed by atoms with E-state index in [0.717, 1.165) is 5.56 Å². The fourth-order valence-corrected chi connectivity index (χ4v) is 2.96. The number of benzene rings is 1. The Morgan fingerprint density at radius 3 is 2.45 bits per heavy atom.